The van der Waals surface area contributed by atoms with Gasteiger partial charge >= 0.3 is 0 Å². The van der Waals surface area contributed by atoms with Gasteiger partial charge in [0.2, 0.25) is 0 Å². The van der Waals surface area contributed by atoms with Gasteiger partial charge in [-0.15, -0.1) is 5.10 Å². The van der Waals surface area contributed by atoms with Crippen molar-refractivity contribution < 1.29 is 0 Å². The standard InChI is InChI=1S/C10H19N4/c1-2-3-4-5-6-7-8-9-10-11-13-14-12-10/h1-9H2,(H,11,12,13,14). The highest BCUT2D eigenvalue weighted by atomic mass is 15.5. The van der Waals surface area contributed by atoms with E-state index in [-0.39, 0.29) is 0 Å². The Morgan fingerprint density at radius 3 is 2.36 bits per heavy atom. The van der Waals surface area contributed by atoms with Crippen LogP contribution in [0, 0.1) is 6.92 Å². The van der Waals surface area contributed by atoms with Gasteiger partial charge < -0.3 is 0 Å². The van der Waals surface area contributed by atoms with E-state index in [1.54, 1.807) is 0 Å². The molecule has 4 heteroatoms. The summed E-state index contributed by atoms with van der Waals surface area (Å²) in [5.41, 5.74) is 0. The molecule has 0 bridgehead atoms. The van der Waals surface area contributed by atoms with Crippen LogP contribution in [0.15, 0.2) is 0 Å². The van der Waals surface area contributed by atoms with Crippen LogP contribution in [0.3, 0.4) is 0 Å². The molecule has 0 saturated carbocycles. The van der Waals surface area contributed by atoms with Gasteiger partial charge in [-0.05, 0) is 16.8 Å². The second kappa shape index (κ2) is 7.47. The monoisotopic (exact) mass is 195 g/mol. The Bertz CT molecular complexity index is 208. The molecule has 1 heterocycles. The van der Waals surface area contributed by atoms with Crippen LogP contribution < -0.4 is 0 Å². The Morgan fingerprint density at radius 2 is 1.71 bits per heavy atom. The number of hydrogen-bond donors (Lipinski definition) is 1. The maximum Gasteiger partial charge on any atom is 0.148 e. The van der Waals surface area contributed by atoms with E-state index in [0.29, 0.717) is 0 Å². The average Bonchev–Trinajstić information content (AvgIpc) is 2.69. The molecule has 1 N–H and O–H groups in total. The topological polar surface area (TPSA) is 54.5 Å². The van der Waals surface area contributed by atoms with Crippen molar-refractivity contribution in [1.82, 2.24) is 20.6 Å². The van der Waals surface area contributed by atoms with Gasteiger partial charge in [0.05, 0.1) is 0 Å². The van der Waals surface area contributed by atoms with E-state index >= 15 is 0 Å². The Labute approximate surface area is 85.5 Å². The Kier molecular flexibility index (Phi) is 5.95. The molecule has 0 aliphatic heterocycles. The highest BCUT2D eigenvalue weighted by Crippen LogP contribution is 2.07. The lowest BCUT2D eigenvalue weighted by atomic mass is 10.1. The average molecular weight is 195 g/mol. The van der Waals surface area contributed by atoms with Gasteiger partial charge in [-0.1, -0.05) is 45.4 Å². The van der Waals surface area contributed by atoms with E-state index in [2.05, 4.69) is 27.5 Å². The summed E-state index contributed by atoms with van der Waals surface area (Å²) in [6.07, 6.45) is 9.76. The van der Waals surface area contributed by atoms with Crippen LogP contribution in [0.4, 0.5) is 0 Å². The van der Waals surface area contributed by atoms with Crippen LogP contribution in [0.5, 0.6) is 0 Å². The van der Waals surface area contributed by atoms with Gasteiger partial charge in [-0.25, -0.2) is 5.10 Å². The third-order valence-electron chi connectivity index (χ3n) is 2.30. The molecule has 0 saturated heterocycles. The lowest BCUT2D eigenvalue weighted by Crippen LogP contribution is -1.89. The smallest absolute Gasteiger partial charge is 0.148 e. The minimum absolute atomic E-state index is 0.905. The molecule has 0 spiro atoms. The summed E-state index contributed by atoms with van der Waals surface area (Å²) in [5.74, 6) is 0.905. The largest absolute Gasteiger partial charge is 0.243 e. The molecule has 0 unspecified atom stereocenters. The van der Waals surface area contributed by atoms with Crippen molar-refractivity contribution in [3.8, 4) is 0 Å². The first-order valence-electron chi connectivity index (χ1n) is 5.45. The number of aromatic amines is 1. The fourth-order valence-corrected chi connectivity index (χ4v) is 1.46. The molecule has 4 nitrogen and oxygen atoms in total. The maximum absolute atomic E-state index is 3.84. The number of nitrogens with one attached hydrogen (secondary N) is 1. The molecule has 1 aromatic rings. The van der Waals surface area contributed by atoms with Gasteiger partial charge in [0, 0.05) is 6.42 Å². The van der Waals surface area contributed by atoms with Crippen LogP contribution in [-0.2, 0) is 6.42 Å². The molecule has 1 radical (unpaired) electrons. The van der Waals surface area contributed by atoms with Crippen molar-refractivity contribution in [2.45, 2.75) is 51.4 Å². The summed E-state index contributed by atoms with van der Waals surface area (Å²) >= 11 is 0. The van der Waals surface area contributed by atoms with Crippen LogP contribution in [0.2, 0.25) is 0 Å². The van der Waals surface area contributed by atoms with Gasteiger partial charge in [-0.3, -0.25) is 0 Å². The van der Waals surface area contributed by atoms with E-state index < -0.39 is 0 Å². The summed E-state index contributed by atoms with van der Waals surface area (Å²) in [4.78, 5) is 0. The first-order valence-corrected chi connectivity index (χ1v) is 5.45. The molecule has 0 aliphatic carbocycles. The number of hydrogen-bond acceptors (Lipinski definition) is 3. The molecule has 0 fully saturated rings. The molecule has 0 amide bonds. The molecule has 0 aliphatic rings. The van der Waals surface area contributed by atoms with E-state index in [0.717, 1.165) is 18.7 Å². The second-order valence-corrected chi connectivity index (χ2v) is 3.57. The van der Waals surface area contributed by atoms with Crippen molar-refractivity contribution >= 4 is 0 Å². The summed E-state index contributed by atoms with van der Waals surface area (Å²) in [6, 6.07) is 0. The first-order chi connectivity index (χ1) is 6.93. The number of nitrogens with zero attached hydrogens (tertiary/aromatic N) is 3. The summed E-state index contributed by atoms with van der Waals surface area (Å²) < 4.78 is 0. The van der Waals surface area contributed by atoms with Gasteiger partial charge in [0.15, 0.2) is 0 Å². The number of H-pyrrole nitrogens is 1. The number of rotatable bonds is 8. The zero-order chi connectivity index (χ0) is 10.1. The zero-order valence-electron chi connectivity index (χ0n) is 8.71. The lowest BCUT2D eigenvalue weighted by Gasteiger charge is -1.98. The predicted octanol–water partition coefficient (Wildman–Crippen LogP) is 2.31. The van der Waals surface area contributed by atoms with E-state index in [1.807, 2.05) is 0 Å². The molecule has 0 atom stereocenters. The minimum Gasteiger partial charge on any atom is -0.243 e. The Morgan fingerprint density at radius 1 is 1.00 bits per heavy atom. The SMILES string of the molecule is [CH2]CCCCCCCCc1nnn[nH]1. The van der Waals surface area contributed by atoms with E-state index in [1.165, 1.54) is 38.5 Å². The van der Waals surface area contributed by atoms with Crippen molar-refractivity contribution in [2.75, 3.05) is 0 Å². The summed E-state index contributed by atoms with van der Waals surface area (Å²) in [7, 11) is 0. The minimum atomic E-state index is 0.905. The predicted molar refractivity (Wildman–Crippen MR) is 55.6 cm³/mol. The fourth-order valence-electron chi connectivity index (χ4n) is 1.46. The highest BCUT2D eigenvalue weighted by molar-refractivity contribution is 4.74. The summed E-state index contributed by atoms with van der Waals surface area (Å²) in [6.45, 7) is 3.83. The molecule has 14 heavy (non-hydrogen) atoms. The van der Waals surface area contributed by atoms with Crippen LogP contribution in [-0.4, -0.2) is 20.6 Å². The van der Waals surface area contributed by atoms with Gasteiger partial charge in [0.1, 0.15) is 5.82 Å². The number of aromatic nitrogens is 4. The van der Waals surface area contributed by atoms with Gasteiger partial charge in [-0.2, -0.15) is 0 Å². The quantitative estimate of drug-likeness (QED) is 0.647. The molecule has 79 valence electrons. The Hall–Kier alpha value is -0.930. The van der Waals surface area contributed by atoms with Crippen molar-refractivity contribution in [3.63, 3.8) is 0 Å². The Balaban J connectivity index is 1.85. The maximum atomic E-state index is 3.84. The van der Waals surface area contributed by atoms with Crippen molar-refractivity contribution in [1.29, 1.82) is 0 Å². The third-order valence-corrected chi connectivity index (χ3v) is 2.30. The number of tetrazole rings is 1. The first kappa shape index (κ1) is 11.1. The van der Waals surface area contributed by atoms with Crippen LogP contribution in [0.1, 0.15) is 50.8 Å². The van der Waals surface area contributed by atoms with Gasteiger partial charge in [0.25, 0.3) is 0 Å². The molecule has 1 aromatic heterocycles. The zero-order valence-corrected chi connectivity index (χ0v) is 8.71. The van der Waals surface area contributed by atoms with E-state index in [9.17, 15) is 0 Å². The number of aryl methyl sites for hydroxylation is 1. The van der Waals surface area contributed by atoms with Crippen LogP contribution >= 0.6 is 0 Å². The molecule has 1 rings (SSSR count). The molecule has 0 aromatic carbocycles. The normalized spacial score (nSPS) is 10.6. The van der Waals surface area contributed by atoms with Crippen LogP contribution in [0.25, 0.3) is 0 Å². The fraction of sp³-hybridized carbons (Fsp3) is 0.800. The molecular formula is C10H19N4. The van der Waals surface area contributed by atoms with Crippen molar-refractivity contribution in [3.05, 3.63) is 12.7 Å². The lowest BCUT2D eigenvalue weighted by molar-refractivity contribution is 0.591. The van der Waals surface area contributed by atoms with E-state index in [4.69, 9.17) is 0 Å². The highest BCUT2D eigenvalue weighted by Gasteiger charge is 1.96. The number of unbranched alkanes of at least 4 members (excludes halogenated alkanes) is 6. The third kappa shape index (κ3) is 4.94. The van der Waals surface area contributed by atoms with Crippen molar-refractivity contribution in [2.24, 2.45) is 0 Å². The summed E-state index contributed by atoms with van der Waals surface area (Å²) in [5, 5.41) is 13.7. The second-order valence-electron chi connectivity index (χ2n) is 3.57. The molecular weight excluding hydrogens is 176 g/mol.